The summed E-state index contributed by atoms with van der Waals surface area (Å²) < 4.78 is 15.3. The van der Waals surface area contributed by atoms with Crippen LogP contribution in [0, 0.1) is 0 Å². The zero-order valence-corrected chi connectivity index (χ0v) is 13.6. The number of nitrogens with one attached hydrogen (secondary N) is 1. The Hall–Kier alpha value is -2.15. The van der Waals surface area contributed by atoms with Crippen LogP contribution in [0.15, 0.2) is 34.9 Å². The normalized spacial score (nSPS) is 16.6. The number of thioether (sulfide) groups is 1. The lowest BCUT2D eigenvalue weighted by molar-refractivity contribution is -0.222. The lowest BCUT2D eigenvalue weighted by Crippen LogP contribution is -2.42. The van der Waals surface area contributed by atoms with E-state index in [1.165, 1.54) is 20.0 Å². The molecule has 6 nitrogen and oxygen atoms in total. The average Bonchev–Trinajstić information content (AvgIpc) is 2.44. The van der Waals surface area contributed by atoms with Gasteiger partial charge < -0.3 is 19.5 Å². The zero-order chi connectivity index (χ0) is 16.3. The highest BCUT2D eigenvalue weighted by Crippen LogP contribution is 2.30. The zero-order valence-electron chi connectivity index (χ0n) is 12.8. The maximum atomic E-state index is 11.8. The van der Waals surface area contributed by atoms with Crippen molar-refractivity contribution in [2.75, 3.05) is 18.7 Å². The van der Waals surface area contributed by atoms with Crippen LogP contribution in [-0.4, -0.2) is 31.1 Å². The van der Waals surface area contributed by atoms with Crippen molar-refractivity contribution in [3.63, 3.8) is 0 Å². The Labute approximate surface area is 132 Å². The Balaban J connectivity index is 2.18. The molecule has 1 saturated heterocycles. The molecule has 0 aliphatic carbocycles. The highest BCUT2D eigenvalue weighted by molar-refractivity contribution is 7.98. The number of rotatable bonds is 4. The van der Waals surface area contributed by atoms with Crippen molar-refractivity contribution in [2.24, 2.45) is 0 Å². The summed E-state index contributed by atoms with van der Waals surface area (Å²) in [4.78, 5) is 24.6. The molecule has 1 aromatic rings. The van der Waals surface area contributed by atoms with Gasteiger partial charge in [0.15, 0.2) is 5.57 Å². The van der Waals surface area contributed by atoms with Crippen molar-refractivity contribution in [3.05, 3.63) is 30.0 Å². The third-order valence-corrected chi connectivity index (χ3v) is 3.66. The van der Waals surface area contributed by atoms with Crippen LogP contribution in [0.3, 0.4) is 0 Å². The van der Waals surface area contributed by atoms with Crippen LogP contribution in [-0.2, 0) is 19.1 Å². The topological polar surface area (TPSA) is 73.9 Å². The molecule has 0 aromatic heterocycles. The Kier molecular flexibility index (Phi) is 4.65. The molecule has 0 spiro atoms. The van der Waals surface area contributed by atoms with E-state index in [4.69, 9.17) is 14.2 Å². The SMILES string of the molecule is COc1cc(NC=C2C(=O)OC(C)(C)OC2=O)ccc1SC. The van der Waals surface area contributed by atoms with Crippen LogP contribution in [0.2, 0.25) is 0 Å². The average molecular weight is 323 g/mol. The minimum absolute atomic E-state index is 0.188. The maximum absolute atomic E-state index is 11.8. The van der Waals surface area contributed by atoms with E-state index in [2.05, 4.69) is 5.32 Å². The second kappa shape index (κ2) is 6.31. The number of benzene rings is 1. The molecule has 0 saturated carbocycles. The van der Waals surface area contributed by atoms with Gasteiger partial charge in [0.25, 0.3) is 5.79 Å². The number of ether oxygens (including phenoxy) is 3. The number of hydrogen-bond donors (Lipinski definition) is 1. The van der Waals surface area contributed by atoms with Crippen LogP contribution in [0.1, 0.15) is 13.8 Å². The molecule has 1 aromatic carbocycles. The van der Waals surface area contributed by atoms with Crippen LogP contribution in [0.5, 0.6) is 5.75 Å². The fourth-order valence-corrected chi connectivity index (χ4v) is 2.41. The number of anilines is 1. The first-order chi connectivity index (χ1) is 10.4. The number of cyclic esters (lactones) is 2. The Morgan fingerprint density at radius 2 is 1.86 bits per heavy atom. The highest BCUT2D eigenvalue weighted by atomic mass is 32.2. The quantitative estimate of drug-likeness (QED) is 0.395. The van der Waals surface area contributed by atoms with Gasteiger partial charge in [-0.15, -0.1) is 11.8 Å². The molecule has 0 bridgehead atoms. The Morgan fingerprint density at radius 1 is 1.23 bits per heavy atom. The molecule has 2 rings (SSSR count). The molecule has 1 fully saturated rings. The van der Waals surface area contributed by atoms with E-state index in [1.807, 2.05) is 18.4 Å². The van der Waals surface area contributed by atoms with Gasteiger partial charge in [-0.3, -0.25) is 0 Å². The van der Waals surface area contributed by atoms with Crippen LogP contribution in [0.4, 0.5) is 5.69 Å². The standard InChI is InChI=1S/C15H17NO5S/c1-15(2)20-13(17)10(14(18)21-15)8-16-9-5-6-12(22-4)11(7-9)19-3/h5-8,16H,1-4H3. The summed E-state index contributed by atoms with van der Waals surface area (Å²) in [6.07, 6.45) is 3.22. The summed E-state index contributed by atoms with van der Waals surface area (Å²) in [5.41, 5.74) is 0.486. The van der Waals surface area contributed by atoms with Gasteiger partial charge in [-0.2, -0.15) is 0 Å². The molecule has 0 unspecified atom stereocenters. The predicted molar refractivity (Wildman–Crippen MR) is 82.7 cm³/mol. The lowest BCUT2D eigenvalue weighted by Gasteiger charge is -2.29. The van der Waals surface area contributed by atoms with Crippen molar-refractivity contribution in [3.8, 4) is 5.75 Å². The number of hydrogen-bond acceptors (Lipinski definition) is 7. The lowest BCUT2D eigenvalue weighted by atomic mass is 10.2. The van der Waals surface area contributed by atoms with E-state index in [1.54, 1.807) is 24.9 Å². The van der Waals surface area contributed by atoms with Crippen LogP contribution < -0.4 is 10.1 Å². The van der Waals surface area contributed by atoms with Gasteiger partial charge >= 0.3 is 11.9 Å². The Bertz CT molecular complexity index is 617. The van der Waals surface area contributed by atoms with Crippen molar-refractivity contribution in [1.82, 2.24) is 0 Å². The molecule has 1 heterocycles. The van der Waals surface area contributed by atoms with Crippen molar-refractivity contribution in [2.45, 2.75) is 24.5 Å². The molecule has 22 heavy (non-hydrogen) atoms. The van der Waals surface area contributed by atoms with E-state index in [-0.39, 0.29) is 5.57 Å². The van der Waals surface area contributed by atoms with Gasteiger partial charge in [0.2, 0.25) is 0 Å². The summed E-state index contributed by atoms with van der Waals surface area (Å²) in [6, 6.07) is 5.46. The van der Waals surface area contributed by atoms with E-state index in [0.717, 1.165) is 4.90 Å². The molecule has 7 heteroatoms. The van der Waals surface area contributed by atoms with E-state index < -0.39 is 17.7 Å². The van der Waals surface area contributed by atoms with Crippen molar-refractivity contribution < 1.29 is 23.8 Å². The van der Waals surface area contributed by atoms with Gasteiger partial charge in [-0.05, 0) is 18.4 Å². The number of carbonyl (C=O) groups excluding carboxylic acids is 2. The first kappa shape index (κ1) is 16.2. The summed E-state index contributed by atoms with van der Waals surface area (Å²) in [5.74, 6) is -1.98. The number of esters is 2. The van der Waals surface area contributed by atoms with Gasteiger partial charge in [0.1, 0.15) is 5.75 Å². The van der Waals surface area contributed by atoms with Gasteiger partial charge in [0, 0.05) is 36.7 Å². The first-order valence-corrected chi connectivity index (χ1v) is 7.74. The van der Waals surface area contributed by atoms with Crippen molar-refractivity contribution >= 4 is 29.4 Å². The van der Waals surface area contributed by atoms with E-state index in [9.17, 15) is 9.59 Å². The number of carbonyl (C=O) groups is 2. The molecule has 1 N–H and O–H groups in total. The Morgan fingerprint density at radius 3 is 2.41 bits per heavy atom. The van der Waals surface area contributed by atoms with Gasteiger partial charge in [-0.1, -0.05) is 0 Å². The minimum atomic E-state index is -1.24. The molecule has 0 atom stereocenters. The molecule has 0 amide bonds. The number of methoxy groups -OCH3 is 1. The minimum Gasteiger partial charge on any atom is -0.496 e. The van der Waals surface area contributed by atoms with Crippen LogP contribution >= 0.6 is 11.8 Å². The molecule has 1 aliphatic heterocycles. The summed E-state index contributed by atoms with van der Waals surface area (Å²) in [5, 5.41) is 2.88. The fraction of sp³-hybridized carbons (Fsp3) is 0.333. The smallest absolute Gasteiger partial charge is 0.350 e. The summed E-state index contributed by atoms with van der Waals surface area (Å²) >= 11 is 1.56. The largest absolute Gasteiger partial charge is 0.496 e. The van der Waals surface area contributed by atoms with Gasteiger partial charge in [0.05, 0.1) is 7.11 Å². The predicted octanol–water partition coefficient (Wildman–Crippen LogP) is 2.55. The molecule has 118 valence electrons. The molecular formula is C15H17NO5S. The molecule has 1 aliphatic rings. The fourth-order valence-electron chi connectivity index (χ4n) is 1.86. The van der Waals surface area contributed by atoms with E-state index >= 15 is 0 Å². The van der Waals surface area contributed by atoms with Crippen LogP contribution in [0.25, 0.3) is 0 Å². The molecule has 0 radical (unpaired) electrons. The second-order valence-corrected chi connectivity index (χ2v) is 5.80. The molecular weight excluding hydrogens is 306 g/mol. The van der Waals surface area contributed by atoms with Crippen molar-refractivity contribution in [1.29, 1.82) is 0 Å². The van der Waals surface area contributed by atoms with E-state index in [0.29, 0.717) is 11.4 Å². The maximum Gasteiger partial charge on any atom is 0.350 e. The second-order valence-electron chi connectivity index (χ2n) is 4.95. The monoisotopic (exact) mass is 323 g/mol. The third-order valence-electron chi connectivity index (χ3n) is 2.88. The summed E-state index contributed by atoms with van der Waals surface area (Å²) in [6.45, 7) is 3.00. The highest BCUT2D eigenvalue weighted by Gasteiger charge is 2.38. The first-order valence-electron chi connectivity index (χ1n) is 6.51. The third kappa shape index (κ3) is 3.54. The van der Waals surface area contributed by atoms with Gasteiger partial charge in [-0.25, -0.2) is 9.59 Å². The summed E-state index contributed by atoms with van der Waals surface area (Å²) in [7, 11) is 1.58.